The van der Waals surface area contributed by atoms with Gasteiger partial charge in [0.1, 0.15) is 11.9 Å². The van der Waals surface area contributed by atoms with Gasteiger partial charge in [0, 0.05) is 10.2 Å². The van der Waals surface area contributed by atoms with Crippen LogP contribution in [0.2, 0.25) is 0 Å². The lowest BCUT2D eigenvalue weighted by molar-refractivity contribution is -0.0304. The van der Waals surface area contributed by atoms with E-state index in [0.717, 1.165) is 12.2 Å². The standard InChI is InChI=1S/C18H25BrO/c1-3-13(2)14-6-8-15(9-7-14)20-17-12-16(19)18(17)10-4-5-11-18/h6-9,13,16-17H,3-5,10-12H2,1-2H3. The molecule has 20 heavy (non-hydrogen) atoms. The number of benzene rings is 1. The molecule has 1 aromatic carbocycles. The molecular formula is C18H25BrO. The molecule has 0 N–H and O–H groups in total. The maximum absolute atomic E-state index is 6.30. The van der Waals surface area contributed by atoms with Crippen molar-refractivity contribution in [1.29, 1.82) is 0 Å². The normalized spacial score (nSPS) is 29.1. The summed E-state index contributed by atoms with van der Waals surface area (Å²) in [5.41, 5.74) is 1.84. The predicted octanol–water partition coefficient (Wildman–Crippen LogP) is 5.68. The second-order valence-corrected chi connectivity index (χ2v) is 7.73. The number of halogens is 1. The zero-order valence-electron chi connectivity index (χ0n) is 12.6. The first-order valence-electron chi connectivity index (χ1n) is 8.06. The van der Waals surface area contributed by atoms with Gasteiger partial charge in [-0.1, -0.05) is 54.8 Å². The van der Waals surface area contributed by atoms with Crippen molar-refractivity contribution in [3.63, 3.8) is 0 Å². The summed E-state index contributed by atoms with van der Waals surface area (Å²) in [6.45, 7) is 4.52. The maximum atomic E-state index is 6.30. The third kappa shape index (κ3) is 2.41. The monoisotopic (exact) mass is 336 g/mol. The first-order valence-corrected chi connectivity index (χ1v) is 8.98. The molecule has 2 saturated carbocycles. The van der Waals surface area contributed by atoms with Crippen LogP contribution in [0.25, 0.3) is 0 Å². The van der Waals surface area contributed by atoms with Crippen LogP contribution < -0.4 is 4.74 Å². The molecular weight excluding hydrogens is 312 g/mol. The molecule has 2 fully saturated rings. The number of hydrogen-bond acceptors (Lipinski definition) is 1. The number of rotatable bonds is 4. The summed E-state index contributed by atoms with van der Waals surface area (Å²) in [5, 5.41) is 0. The lowest BCUT2D eigenvalue weighted by atomic mass is 9.64. The van der Waals surface area contributed by atoms with Crippen molar-refractivity contribution in [2.45, 2.75) is 69.2 Å². The minimum absolute atomic E-state index is 0.420. The average Bonchev–Trinajstić information content (AvgIpc) is 2.99. The maximum Gasteiger partial charge on any atom is 0.119 e. The number of ether oxygens (including phenoxy) is 1. The smallest absolute Gasteiger partial charge is 0.119 e. The highest BCUT2D eigenvalue weighted by atomic mass is 79.9. The van der Waals surface area contributed by atoms with Crippen molar-refractivity contribution >= 4 is 15.9 Å². The Bertz CT molecular complexity index is 447. The van der Waals surface area contributed by atoms with Crippen molar-refractivity contribution in [2.75, 3.05) is 0 Å². The van der Waals surface area contributed by atoms with Crippen LogP contribution in [0.1, 0.15) is 63.9 Å². The minimum atomic E-state index is 0.420. The number of hydrogen-bond donors (Lipinski definition) is 0. The summed E-state index contributed by atoms with van der Waals surface area (Å²) in [7, 11) is 0. The van der Waals surface area contributed by atoms with Crippen molar-refractivity contribution in [3.8, 4) is 5.75 Å². The van der Waals surface area contributed by atoms with Crippen LogP contribution in [0.15, 0.2) is 24.3 Å². The minimum Gasteiger partial charge on any atom is -0.490 e. The molecule has 110 valence electrons. The third-order valence-electron chi connectivity index (χ3n) is 5.56. The molecule has 2 aliphatic rings. The highest BCUT2D eigenvalue weighted by molar-refractivity contribution is 9.09. The van der Waals surface area contributed by atoms with E-state index in [9.17, 15) is 0 Å². The largest absolute Gasteiger partial charge is 0.490 e. The molecule has 3 rings (SSSR count). The van der Waals surface area contributed by atoms with Crippen molar-refractivity contribution in [2.24, 2.45) is 5.41 Å². The number of alkyl halides is 1. The van der Waals surface area contributed by atoms with E-state index in [-0.39, 0.29) is 0 Å². The second kappa shape index (κ2) is 5.71. The average molecular weight is 337 g/mol. The molecule has 0 aromatic heterocycles. The van der Waals surface area contributed by atoms with Crippen LogP contribution >= 0.6 is 15.9 Å². The summed E-state index contributed by atoms with van der Waals surface area (Å²) in [6, 6.07) is 8.78. The second-order valence-electron chi connectivity index (χ2n) is 6.63. The molecule has 2 heteroatoms. The van der Waals surface area contributed by atoms with Gasteiger partial charge < -0.3 is 4.74 Å². The molecule has 3 unspecified atom stereocenters. The van der Waals surface area contributed by atoms with E-state index in [1.807, 2.05) is 0 Å². The van der Waals surface area contributed by atoms with Crippen molar-refractivity contribution in [3.05, 3.63) is 29.8 Å². The summed E-state index contributed by atoms with van der Waals surface area (Å²) < 4.78 is 6.30. The molecule has 2 aliphatic carbocycles. The first kappa shape index (κ1) is 14.4. The fourth-order valence-corrected chi connectivity index (χ4v) is 4.90. The topological polar surface area (TPSA) is 9.23 Å². The van der Waals surface area contributed by atoms with Gasteiger partial charge in [-0.05, 0) is 49.3 Å². The summed E-state index contributed by atoms with van der Waals surface area (Å²) in [6.07, 6.45) is 8.18. The Morgan fingerprint density at radius 1 is 1.25 bits per heavy atom. The zero-order valence-corrected chi connectivity index (χ0v) is 14.2. The van der Waals surface area contributed by atoms with E-state index in [0.29, 0.717) is 22.3 Å². The molecule has 0 saturated heterocycles. The van der Waals surface area contributed by atoms with Gasteiger partial charge in [0.25, 0.3) is 0 Å². The summed E-state index contributed by atoms with van der Waals surface area (Å²) in [5.74, 6) is 1.69. The zero-order chi connectivity index (χ0) is 14.2. The Morgan fingerprint density at radius 3 is 2.45 bits per heavy atom. The molecule has 0 heterocycles. The lowest BCUT2D eigenvalue weighted by Crippen LogP contribution is -2.55. The highest BCUT2D eigenvalue weighted by Gasteiger charge is 2.56. The fraction of sp³-hybridized carbons (Fsp3) is 0.667. The predicted molar refractivity (Wildman–Crippen MR) is 87.8 cm³/mol. The molecule has 0 radical (unpaired) electrons. The van der Waals surface area contributed by atoms with Gasteiger partial charge in [-0.15, -0.1) is 0 Å². The van der Waals surface area contributed by atoms with E-state index in [4.69, 9.17) is 4.74 Å². The van der Waals surface area contributed by atoms with Gasteiger partial charge >= 0.3 is 0 Å². The Morgan fingerprint density at radius 2 is 1.90 bits per heavy atom. The Kier molecular flexibility index (Phi) is 4.12. The molecule has 1 nitrogen and oxygen atoms in total. The summed E-state index contributed by atoms with van der Waals surface area (Å²) >= 11 is 3.86. The third-order valence-corrected chi connectivity index (χ3v) is 6.85. The van der Waals surface area contributed by atoms with Gasteiger partial charge in [-0.3, -0.25) is 0 Å². The molecule has 3 atom stereocenters. The Labute approximate surface area is 131 Å². The van der Waals surface area contributed by atoms with E-state index < -0.39 is 0 Å². The van der Waals surface area contributed by atoms with Crippen LogP contribution in [0.4, 0.5) is 0 Å². The SMILES string of the molecule is CCC(C)c1ccc(OC2CC(Br)C23CCCC3)cc1. The highest BCUT2D eigenvalue weighted by Crippen LogP contribution is 2.57. The van der Waals surface area contributed by atoms with E-state index in [1.54, 1.807) is 0 Å². The van der Waals surface area contributed by atoms with E-state index in [2.05, 4.69) is 54.0 Å². The van der Waals surface area contributed by atoms with Gasteiger partial charge in [0.05, 0.1) is 0 Å². The van der Waals surface area contributed by atoms with E-state index in [1.165, 1.54) is 37.7 Å². The Balaban J connectivity index is 1.66. The van der Waals surface area contributed by atoms with Crippen LogP contribution in [0, 0.1) is 5.41 Å². The molecule has 0 aliphatic heterocycles. The lowest BCUT2D eigenvalue weighted by Gasteiger charge is -2.51. The summed E-state index contributed by atoms with van der Waals surface area (Å²) in [4.78, 5) is 0.668. The van der Waals surface area contributed by atoms with Crippen LogP contribution in [0.3, 0.4) is 0 Å². The van der Waals surface area contributed by atoms with Gasteiger partial charge in [0.2, 0.25) is 0 Å². The van der Waals surface area contributed by atoms with Gasteiger partial charge in [-0.2, -0.15) is 0 Å². The van der Waals surface area contributed by atoms with Crippen LogP contribution in [0.5, 0.6) is 5.75 Å². The molecule has 0 amide bonds. The first-order chi connectivity index (χ1) is 9.65. The van der Waals surface area contributed by atoms with Gasteiger partial charge in [0.15, 0.2) is 0 Å². The quantitative estimate of drug-likeness (QED) is 0.643. The van der Waals surface area contributed by atoms with Crippen LogP contribution in [-0.4, -0.2) is 10.9 Å². The Hall–Kier alpha value is -0.500. The van der Waals surface area contributed by atoms with Crippen molar-refractivity contribution in [1.82, 2.24) is 0 Å². The van der Waals surface area contributed by atoms with Crippen molar-refractivity contribution < 1.29 is 4.74 Å². The van der Waals surface area contributed by atoms with E-state index >= 15 is 0 Å². The van der Waals surface area contributed by atoms with Gasteiger partial charge in [-0.25, -0.2) is 0 Å². The molecule has 1 aromatic rings. The molecule has 1 spiro atoms. The fourth-order valence-electron chi connectivity index (χ4n) is 3.81. The molecule has 0 bridgehead atoms. The van der Waals surface area contributed by atoms with Crippen LogP contribution in [-0.2, 0) is 0 Å².